The van der Waals surface area contributed by atoms with Crippen LogP contribution in [0, 0.1) is 29.0 Å². The first kappa shape index (κ1) is 12.4. The molecule has 2 atom stereocenters. The van der Waals surface area contributed by atoms with Crippen molar-refractivity contribution in [2.24, 2.45) is 11.8 Å². The van der Waals surface area contributed by atoms with Crippen LogP contribution in [0.5, 0.6) is 0 Å². The molecule has 0 aromatic heterocycles. The predicted molar refractivity (Wildman–Crippen MR) is 69.4 cm³/mol. The molecule has 0 bridgehead atoms. The van der Waals surface area contributed by atoms with Gasteiger partial charge in [-0.1, -0.05) is 6.92 Å². The Hall–Kier alpha value is -1.08. The summed E-state index contributed by atoms with van der Waals surface area (Å²) in [6.45, 7) is 3.08. The number of nitriles is 1. The van der Waals surface area contributed by atoms with Gasteiger partial charge in [-0.2, -0.15) is 5.26 Å². The first-order valence-corrected chi connectivity index (χ1v) is 6.43. The van der Waals surface area contributed by atoms with E-state index in [0.29, 0.717) is 17.2 Å². The van der Waals surface area contributed by atoms with Crippen molar-refractivity contribution in [3.63, 3.8) is 0 Å². The number of hydrogen-bond donors (Lipinski definition) is 0. The number of rotatable bonds is 3. The van der Waals surface area contributed by atoms with E-state index in [1.807, 2.05) is 18.0 Å². The van der Waals surface area contributed by atoms with Crippen molar-refractivity contribution in [3.8, 4) is 6.07 Å². The van der Waals surface area contributed by atoms with E-state index in [9.17, 15) is 4.39 Å². The summed E-state index contributed by atoms with van der Waals surface area (Å²) in [5.41, 5.74) is 0.884. The molecule has 2 nitrogen and oxygen atoms in total. The largest absolute Gasteiger partial charge is 0.372 e. The Morgan fingerprint density at radius 1 is 1.59 bits per heavy atom. The van der Waals surface area contributed by atoms with E-state index in [-0.39, 0.29) is 10.3 Å². The van der Waals surface area contributed by atoms with Gasteiger partial charge in [-0.25, -0.2) is 4.39 Å². The van der Waals surface area contributed by atoms with Gasteiger partial charge in [-0.15, -0.1) is 0 Å². The van der Waals surface area contributed by atoms with E-state index in [1.165, 1.54) is 6.42 Å². The van der Waals surface area contributed by atoms with Crippen LogP contribution >= 0.6 is 15.9 Å². The van der Waals surface area contributed by atoms with Gasteiger partial charge in [0.25, 0.3) is 0 Å². The molecule has 90 valence electrons. The monoisotopic (exact) mass is 296 g/mol. The molecular weight excluding hydrogens is 283 g/mol. The zero-order valence-electron chi connectivity index (χ0n) is 9.87. The maximum absolute atomic E-state index is 14.0. The standard InChI is InChI=1S/C13H14BrFN2/c1-8-5-10(8)7-17(2)11-4-3-9(6-16)12(14)13(11)15/h3-4,8,10H,5,7H2,1-2H3. The van der Waals surface area contributed by atoms with Crippen LogP contribution < -0.4 is 4.90 Å². The smallest absolute Gasteiger partial charge is 0.161 e. The summed E-state index contributed by atoms with van der Waals surface area (Å²) < 4.78 is 14.3. The molecule has 0 spiro atoms. The summed E-state index contributed by atoms with van der Waals surface area (Å²) in [6.07, 6.45) is 1.23. The van der Waals surface area contributed by atoms with E-state index in [0.717, 1.165) is 12.5 Å². The second kappa shape index (κ2) is 4.66. The van der Waals surface area contributed by atoms with E-state index in [4.69, 9.17) is 5.26 Å². The highest BCUT2D eigenvalue weighted by Gasteiger charge is 2.33. The molecule has 17 heavy (non-hydrogen) atoms. The maximum atomic E-state index is 14.0. The molecule has 0 amide bonds. The van der Waals surface area contributed by atoms with E-state index >= 15 is 0 Å². The van der Waals surface area contributed by atoms with Crippen LogP contribution in [0.3, 0.4) is 0 Å². The highest BCUT2D eigenvalue weighted by atomic mass is 79.9. The lowest BCUT2D eigenvalue weighted by atomic mass is 10.2. The van der Waals surface area contributed by atoms with Gasteiger partial charge in [0.2, 0.25) is 0 Å². The Balaban J connectivity index is 2.21. The Bertz CT molecular complexity index is 481. The molecule has 1 saturated carbocycles. The fourth-order valence-corrected chi connectivity index (χ4v) is 2.45. The number of halogens is 2. The fourth-order valence-electron chi connectivity index (χ4n) is 2.02. The van der Waals surface area contributed by atoms with Crippen molar-refractivity contribution in [2.75, 3.05) is 18.5 Å². The molecule has 0 radical (unpaired) electrons. The van der Waals surface area contributed by atoms with Crippen LogP contribution in [0.25, 0.3) is 0 Å². The van der Waals surface area contributed by atoms with Crippen molar-refractivity contribution < 1.29 is 4.39 Å². The molecule has 0 saturated heterocycles. The number of anilines is 1. The Kier molecular flexibility index (Phi) is 3.39. The Labute approximate surface area is 109 Å². The zero-order valence-corrected chi connectivity index (χ0v) is 11.5. The Morgan fingerprint density at radius 2 is 2.24 bits per heavy atom. The SMILES string of the molecule is CC1CC1CN(C)c1ccc(C#N)c(Br)c1F. The molecule has 1 fully saturated rings. The molecule has 0 N–H and O–H groups in total. The molecule has 2 unspecified atom stereocenters. The lowest BCUT2D eigenvalue weighted by molar-refractivity contribution is 0.610. The summed E-state index contributed by atoms with van der Waals surface area (Å²) >= 11 is 3.13. The minimum absolute atomic E-state index is 0.258. The molecule has 0 aliphatic heterocycles. The highest BCUT2D eigenvalue weighted by Crippen LogP contribution is 2.39. The molecule has 2 rings (SSSR count). The van der Waals surface area contributed by atoms with Crippen molar-refractivity contribution in [3.05, 3.63) is 28.0 Å². The van der Waals surface area contributed by atoms with Gasteiger partial charge in [0.15, 0.2) is 5.82 Å². The van der Waals surface area contributed by atoms with Crippen molar-refractivity contribution in [1.82, 2.24) is 0 Å². The first-order chi connectivity index (χ1) is 8.04. The van der Waals surface area contributed by atoms with Gasteiger partial charge in [-0.05, 0) is 46.3 Å². The highest BCUT2D eigenvalue weighted by molar-refractivity contribution is 9.10. The van der Waals surface area contributed by atoms with Crippen LogP contribution in [-0.2, 0) is 0 Å². The van der Waals surface area contributed by atoms with Crippen LogP contribution in [0.1, 0.15) is 18.9 Å². The second-order valence-electron chi connectivity index (χ2n) is 4.73. The van der Waals surface area contributed by atoms with Gasteiger partial charge in [0.1, 0.15) is 6.07 Å². The topological polar surface area (TPSA) is 27.0 Å². The van der Waals surface area contributed by atoms with Gasteiger partial charge < -0.3 is 4.90 Å². The minimum atomic E-state index is -0.347. The molecule has 0 heterocycles. The summed E-state index contributed by atoms with van der Waals surface area (Å²) in [7, 11) is 1.89. The van der Waals surface area contributed by atoms with E-state index in [1.54, 1.807) is 12.1 Å². The van der Waals surface area contributed by atoms with Crippen LogP contribution in [0.4, 0.5) is 10.1 Å². The lowest BCUT2D eigenvalue weighted by Gasteiger charge is -2.20. The minimum Gasteiger partial charge on any atom is -0.372 e. The third-order valence-corrected chi connectivity index (χ3v) is 4.15. The molecule has 4 heteroatoms. The first-order valence-electron chi connectivity index (χ1n) is 5.63. The number of hydrogen-bond acceptors (Lipinski definition) is 2. The molecule has 1 aromatic carbocycles. The summed E-state index contributed by atoms with van der Waals surface area (Å²) in [6, 6.07) is 5.28. The van der Waals surface area contributed by atoms with Crippen molar-refractivity contribution >= 4 is 21.6 Å². The van der Waals surface area contributed by atoms with Crippen molar-refractivity contribution in [1.29, 1.82) is 5.26 Å². The maximum Gasteiger partial charge on any atom is 0.161 e. The average molecular weight is 297 g/mol. The third-order valence-electron chi connectivity index (χ3n) is 3.38. The van der Waals surface area contributed by atoms with Gasteiger partial charge in [-0.3, -0.25) is 0 Å². The van der Waals surface area contributed by atoms with E-state index in [2.05, 4.69) is 22.9 Å². The third kappa shape index (κ3) is 2.44. The van der Waals surface area contributed by atoms with Crippen LogP contribution in [-0.4, -0.2) is 13.6 Å². The quantitative estimate of drug-likeness (QED) is 0.853. The summed E-state index contributed by atoms with van der Waals surface area (Å²) in [5.74, 6) is 1.08. The predicted octanol–water partition coefficient (Wildman–Crippen LogP) is 3.55. The molecule has 1 aromatic rings. The van der Waals surface area contributed by atoms with Gasteiger partial charge in [0, 0.05) is 13.6 Å². The second-order valence-corrected chi connectivity index (χ2v) is 5.52. The van der Waals surface area contributed by atoms with Crippen LogP contribution in [0.2, 0.25) is 0 Å². The fraction of sp³-hybridized carbons (Fsp3) is 0.462. The zero-order chi connectivity index (χ0) is 12.6. The van der Waals surface area contributed by atoms with Crippen LogP contribution in [0.15, 0.2) is 16.6 Å². The average Bonchev–Trinajstić information content (AvgIpc) is 2.98. The molecule has 1 aliphatic carbocycles. The van der Waals surface area contributed by atoms with Gasteiger partial charge >= 0.3 is 0 Å². The molecular formula is C13H14BrFN2. The van der Waals surface area contributed by atoms with E-state index < -0.39 is 0 Å². The molecule has 1 aliphatic rings. The lowest BCUT2D eigenvalue weighted by Crippen LogP contribution is -2.21. The summed E-state index contributed by atoms with van der Waals surface area (Å²) in [4.78, 5) is 1.93. The van der Waals surface area contributed by atoms with Gasteiger partial charge in [0.05, 0.1) is 15.7 Å². The number of nitrogens with zero attached hydrogens (tertiary/aromatic N) is 2. The normalized spacial score (nSPS) is 22.1. The van der Waals surface area contributed by atoms with Crippen molar-refractivity contribution in [2.45, 2.75) is 13.3 Å². The summed E-state index contributed by atoms with van der Waals surface area (Å²) in [5, 5.41) is 8.80. The Morgan fingerprint density at radius 3 is 2.76 bits per heavy atom. The number of benzene rings is 1.